The smallest absolute Gasteiger partial charge is 0.120 e. The van der Waals surface area contributed by atoms with Gasteiger partial charge in [0.15, 0.2) is 0 Å². The number of halogens is 1. The standard InChI is InChI=1S/C11H15BrO2/c1-7-9(11(2,3)13)5-8(14-4)6-10(7)12/h5-6,13H,1-4H3. The maximum Gasteiger partial charge on any atom is 0.120 e. The second-order valence-corrected chi connectivity index (χ2v) is 4.70. The van der Waals surface area contributed by atoms with Crippen molar-refractivity contribution in [2.24, 2.45) is 0 Å². The Morgan fingerprint density at radius 3 is 2.36 bits per heavy atom. The maximum absolute atomic E-state index is 9.94. The van der Waals surface area contributed by atoms with Gasteiger partial charge in [0.05, 0.1) is 12.7 Å². The molecule has 2 nitrogen and oxygen atoms in total. The summed E-state index contributed by atoms with van der Waals surface area (Å²) in [6, 6.07) is 3.75. The highest BCUT2D eigenvalue weighted by molar-refractivity contribution is 9.10. The molecule has 0 saturated heterocycles. The minimum atomic E-state index is -0.846. The minimum absolute atomic E-state index is 0.750. The van der Waals surface area contributed by atoms with Crippen molar-refractivity contribution in [3.8, 4) is 5.75 Å². The lowest BCUT2D eigenvalue weighted by Gasteiger charge is -2.22. The van der Waals surface area contributed by atoms with Crippen LogP contribution >= 0.6 is 15.9 Å². The van der Waals surface area contributed by atoms with Gasteiger partial charge < -0.3 is 9.84 Å². The van der Waals surface area contributed by atoms with Crippen molar-refractivity contribution in [3.05, 3.63) is 27.7 Å². The summed E-state index contributed by atoms with van der Waals surface area (Å²) in [5, 5.41) is 9.94. The second-order valence-electron chi connectivity index (χ2n) is 3.84. The van der Waals surface area contributed by atoms with Crippen LogP contribution in [0.15, 0.2) is 16.6 Å². The molecule has 3 heteroatoms. The Kier molecular flexibility index (Phi) is 3.22. The van der Waals surface area contributed by atoms with E-state index in [0.29, 0.717) is 0 Å². The van der Waals surface area contributed by atoms with Crippen molar-refractivity contribution in [2.75, 3.05) is 7.11 Å². The van der Waals surface area contributed by atoms with Crippen molar-refractivity contribution < 1.29 is 9.84 Å². The van der Waals surface area contributed by atoms with E-state index in [4.69, 9.17) is 4.74 Å². The molecule has 0 aromatic heterocycles. The van der Waals surface area contributed by atoms with Gasteiger partial charge in [0.2, 0.25) is 0 Å². The highest BCUT2D eigenvalue weighted by atomic mass is 79.9. The Morgan fingerprint density at radius 1 is 1.36 bits per heavy atom. The Balaban J connectivity index is 3.35. The molecule has 1 aromatic carbocycles. The van der Waals surface area contributed by atoms with Gasteiger partial charge in [-0.05, 0) is 44.0 Å². The van der Waals surface area contributed by atoms with Crippen LogP contribution in [0.3, 0.4) is 0 Å². The molecule has 0 fully saturated rings. The largest absolute Gasteiger partial charge is 0.497 e. The van der Waals surface area contributed by atoms with E-state index in [0.717, 1.165) is 21.3 Å². The number of hydrogen-bond donors (Lipinski definition) is 1. The molecule has 78 valence electrons. The molecule has 1 N–H and O–H groups in total. The van der Waals surface area contributed by atoms with Gasteiger partial charge >= 0.3 is 0 Å². The molecule has 0 aliphatic carbocycles. The summed E-state index contributed by atoms with van der Waals surface area (Å²) in [7, 11) is 1.62. The van der Waals surface area contributed by atoms with Gasteiger partial charge in [-0.3, -0.25) is 0 Å². The molecule has 0 atom stereocenters. The first kappa shape index (κ1) is 11.5. The first-order chi connectivity index (χ1) is 6.36. The van der Waals surface area contributed by atoms with E-state index >= 15 is 0 Å². The van der Waals surface area contributed by atoms with Crippen molar-refractivity contribution in [3.63, 3.8) is 0 Å². The van der Waals surface area contributed by atoms with Crippen molar-refractivity contribution in [2.45, 2.75) is 26.4 Å². The Morgan fingerprint density at radius 2 is 1.93 bits per heavy atom. The zero-order chi connectivity index (χ0) is 10.9. The van der Waals surface area contributed by atoms with Gasteiger partial charge in [0.25, 0.3) is 0 Å². The van der Waals surface area contributed by atoms with Crippen molar-refractivity contribution in [1.29, 1.82) is 0 Å². The molecule has 1 rings (SSSR count). The van der Waals surface area contributed by atoms with Gasteiger partial charge in [-0.2, -0.15) is 0 Å². The summed E-state index contributed by atoms with van der Waals surface area (Å²) in [6.45, 7) is 5.50. The number of methoxy groups -OCH3 is 1. The lowest BCUT2D eigenvalue weighted by Crippen LogP contribution is -2.17. The van der Waals surface area contributed by atoms with E-state index in [1.807, 2.05) is 19.1 Å². The molecule has 0 aliphatic heterocycles. The van der Waals surface area contributed by atoms with Gasteiger partial charge in [-0.25, -0.2) is 0 Å². The molecule has 0 saturated carbocycles. The summed E-state index contributed by atoms with van der Waals surface area (Å²) >= 11 is 3.44. The fourth-order valence-electron chi connectivity index (χ4n) is 1.41. The van der Waals surface area contributed by atoms with Crippen molar-refractivity contribution in [1.82, 2.24) is 0 Å². The average molecular weight is 259 g/mol. The van der Waals surface area contributed by atoms with Crippen molar-refractivity contribution >= 4 is 15.9 Å². The van der Waals surface area contributed by atoms with Crippen LogP contribution in [-0.4, -0.2) is 12.2 Å². The van der Waals surface area contributed by atoms with Gasteiger partial charge in [0.1, 0.15) is 5.75 Å². The molecule has 14 heavy (non-hydrogen) atoms. The third-order valence-electron chi connectivity index (χ3n) is 2.21. The Bertz CT molecular complexity index is 340. The topological polar surface area (TPSA) is 29.5 Å². The van der Waals surface area contributed by atoms with Crippen LogP contribution in [0, 0.1) is 6.92 Å². The summed E-state index contributed by atoms with van der Waals surface area (Å²) in [5.41, 5.74) is 1.07. The van der Waals surface area contributed by atoms with E-state index in [1.165, 1.54) is 0 Å². The zero-order valence-electron chi connectivity index (χ0n) is 8.89. The predicted molar refractivity (Wildman–Crippen MR) is 60.7 cm³/mol. The van der Waals surface area contributed by atoms with Crippen LogP contribution < -0.4 is 4.74 Å². The number of rotatable bonds is 2. The maximum atomic E-state index is 9.94. The molecule has 0 heterocycles. The van der Waals surface area contributed by atoms with Crippen LogP contribution in [0.2, 0.25) is 0 Å². The average Bonchev–Trinajstić information content (AvgIpc) is 2.07. The highest BCUT2D eigenvalue weighted by Crippen LogP contribution is 2.32. The molecule has 0 aliphatic rings. The zero-order valence-corrected chi connectivity index (χ0v) is 10.5. The third-order valence-corrected chi connectivity index (χ3v) is 3.04. The SMILES string of the molecule is COc1cc(Br)c(C)c(C(C)(C)O)c1. The monoisotopic (exact) mass is 258 g/mol. The number of aliphatic hydroxyl groups is 1. The van der Waals surface area contributed by atoms with Crippen LogP contribution in [0.4, 0.5) is 0 Å². The molecular formula is C11H15BrO2. The predicted octanol–water partition coefficient (Wildman–Crippen LogP) is 2.99. The van der Waals surface area contributed by atoms with Crippen LogP contribution in [0.25, 0.3) is 0 Å². The summed E-state index contributed by atoms with van der Waals surface area (Å²) in [6.07, 6.45) is 0. The Labute approximate surface area is 93.0 Å². The molecule has 0 amide bonds. The Hall–Kier alpha value is -0.540. The van der Waals surface area contributed by atoms with E-state index in [2.05, 4.69) is 15.9 Å². The van der Waals surface area contributed by atoms with Gasteiger partial charge in [-0.15, -0.1) is 0 Å². The van der Waals surface area contributed by atoms with Crippen LogP contribution in [0.1, 0.15) is 25.0 Å². The lowest BCUT2D eigenvalue weighted by atomic mass is 9.94. The summed E-state index contributed by atoms with van der Waals surface area (Å²) < 4.78 is 6.10. The fourth-order valence-corrected chi connectivity index (χ4v) is 1.85. The quantitative estimate of drug-likeness (QED) is 0.884. The number of ether oxygens (including phenoxy) is 1. The van der Waals surface area contributed by atoms with Gasteiger partial charge in [-0.1, -0.05) is 15.9 Å². The fraction of sp³-hybridized carbons (Fsp3) is 0.455. The van der Waals surface area contributed by atoms with E-state index in [9.17, 15) is 5.11 Å². The van der Waals surface area contributed by atoms with Crippen LogP contribution in [-0.2, 0) is 5.60 Å². The summed E-state index contributed by atoms with van der Waals surface area (Å²) in [5.74, 6) is 0.750. The molecule has 1 aromatic rings. The second kappa shape index (κ2) is 3.91. The van der Waals surface area contributed by atoms with E-state index in [-0.39, 0.29) is 0 Å². The number of hydrogen-bond acceptors (Lipinski definition) is 2. The van der Waals surface area contributed by atoms with Gasteiger partial charge in [0, 0.05) is 4.47 Å². The number of benzene rings is 1. The third kappa shape index (κ3) is 2.28. The first-order valence-corrected chi connectivity index (χ1v) is 5.22. The first-order valence-electron chi connectivity index (χ1n) is 4.43. The minimum Gasteiger partial charge on any atom is -0.497 e. The normalized spacial score (nSPS) is 11.6. The van der Waals surface area contributed by atoms with Crippen LogP contribution in [0.5, 0.6) is 5.75 Å². The van der Waals surface area contributed by atoms with E-state index < -0.39 is 5.60 Å². The highest BCUT2D eigenvalue weighted by Gasteiger charge is 2.20. The molecule has 0 spiro atoms. The lowest BCUT2D eigenvalue weighted by molar-refractivity contribution is 0.0776. The molecular weight excluding hydrogens is 244 g/mol. The molecule has 0 unspecified atom stereocenters. The molecule has 0 radical (unpaired) electrons. The molecule has 0 bridgehead atoms. The van der Waals surface area contributed by atoms with E-state index in [1.54, 1.807) is 21.0 Å². The summed E-state index contributed by atoms with van der Waals surface area (Å²) in [4.78, 5) is 0.